The minimum Gasteiger partial charge on any atom is -0.356 e. The van der Waals surface area contributed by atoms with Crippen molar-refractivity contribution >= 4 is 5.91 Å². The first-order chi connectivity index (χ1) is 9.72. The minimum atomic E-state index is 0.129. The Balaban J connectivity index is 1.70. The fraction of sp³-hybridized carbons (Fsp3) is 0.733. The third-order valence-corrected chi connectivity index (χ3v) is 4.41. The number of nitrogens with one attached hydrogen (secondary N) is 2. The van der Waals surface area contributed by atoms with Crippen molar-refractivity contribution in [3.63, 3.8) is 0 Å². The molecule has 112 valence electrons. The molecule has 0 aromatic carbocycles. The van der Waals surface area contributed by atoms with Gasteiger partial charge in [0.2, 0.25) is 5.91 Å². The highest BCUT2D eigenvalue weighted by Gasteiger charge is 2.29. The van der Waals surface area contributed by atoms with E-state index < -0.39 is 0 Å². The Labute approximate surface area is 120 Å². The van der Waals surface area contributed by atoms with Gasteiger partial charge in [-0.1, -0.05) is 12.8 Å². The average Bonchev–Trinajstić information content (AvgIpc) is 2.88. The van der Waals surface area contributed by atoms with Gasteiger partial charge in [-0.15, -0.1) is 0 Å². The Morgan fingerprint density at radius 2 is 2.30 bits per heavy atom. The number of carbonyl (C=O) groups excluding carboxylic acids is 1. The van der Waals surface area contributed by atoms with Gasteiger partial charge in [0.1, 0.15) is 0 Å². The highest BCUT2D eigenvalue weighted by Crippen LogP contribution is 2.29. The lowest BCUT2D eigenvalue weighted by molar-refractivity contribution is -0.127. The van der Waals surface area contributed by atoms with E-state index >= 15 is 0 Å². The van der Waals surface area contributed by atoms with Crippen molar-refractivity contribution in [3.8, 4) is 0 Å². The maximum absolute atomic E-state index is 12.2. The summed E-state index contributed by atoms with van der Waals surface area (Å²) in [6, 6.07) is 0. The van der Waals surface area contributed by atoms with E-state index in [1.807, 2.05) is 13.1 Å². The van der Waals surface area contributed by atoms with Crippen LogP contribution in [0.2, 0.25) is 0 Å². The van der Waals surface area contributed by atoms with Gasteiger partial charge in [0.25, 0.3) is 0 Å². The molecule has 1 aromatic rings. The molecular formula is C15H26N4O. The summed E-state index contributed by atoms with van der Waals surface area (Å²) in [5.74, 6) is 0.702. The van der Waals surface area contributed by atoms with Crippen LogP contribution in [-0.4, -0.2) is 29.2 Å². The van der Waals surface area contributed by atoms with Gasteiger partial charge in [-0.25, -0.2) is 0 Å². The van der Waals surface area contributed by atoms with Gasteiger partial charge in [-0.05, 0) is 50.6 Å². The monoisotopic (exact) mass is 278 g/mol. The average molecular weight is 278 g/mol. The molecule has 1 saturated carbocycles. The second kappa shape index (κ2) is 7.43. The normalized spacial score (nSPS) is 22.7. The molecule has 20 heavy (non-hydrogen) atoms. The molecule has 5 nitrogen and oxygen atoms in total. The predicted molar refractivity (Wildman–Crippen MR) is 79.2 cm³/mol. The van der Waals surface area contributed by atoms with Crippen molar-refractivity contribution in [1.82, 2.24) is 15.5 Å². The zero-order valence-corrected chi connectivity index (χ0v) is 12.3. The van der Waals surface area contributed by atoms with Gasteiger partial charge in [0, 0.05) is 18.2 Å². The number of hydrogen-bond acceptors (Lipinski definition) is 3. The summed E-state index contributed by atoms with van der Waals surface area (Å²) in [7, 11) is 0. The number of carbonyl (C=O) groups is 1. The molecule has 4 N–H and O–H groups in total. The van der Waals surface area contributed by atoms with E-state index in [1.54, 1.807) is 0 Å². The quantitative estimate of drug-likeness (QED) is 0.690. The Morgan fingerprint density at radius 1 is 1.50 bits per heavy atom. The summed E-state index contributed by atoms with van der Waals surface area (Å²) >= 11 is 0. The van der Waals surface area contributed by atoms with E-state index in [4.69, 9.17) is 5.73 Å². The summed E-state index contributed by atoms with van der Waals surface area (Å²) in [5.41, 5.74) is 8.13. The first-order valence-electron chi connectivity index (χ1n) is 7.69. The predicted octanol–water partition coefficient (Wildman–Crippen LogP) is 1.53. The van der Waals surface area contributed by atoms with Gasteiger partial charge in [0.15, 0.2) is 0 Å². The molecule has 0 aliphatic heterocycles. The lowest BCUT2D eigenvalue weighted by Crippen LogP contribution is -2.39. The van der Waals surface area contributed by atoms with E-state index in [9.17, 15) is 4.79 Å². The van der Waals surface area contributed by atoms with Crippen molar-refractivity contribution in [2.75, 3.05) is 13.1 Å². The van der Waals surface area contributed by atoms with Gasteiger partial charge in [0.05, 0.1) is 6.20 Å². The lowest BCUT2D eigenvalue weighted by Gasteiger charge is -2.29. The third-order valence-electron chi connectivity index (χ3n) is 4.41. The fourth-order valence-electron chi connectivity index (χ4n) is 3.08. The van der Waals surface area contributed by atoms with E-state index in [2.05, 4.69) is 15.5 Å². The molecule has 1 amide bonds. The maximum atomic E-state index is 12.2. The van der Waals surface area contributed by atoms with Crippen molar-refractivity contribution in [3.05, 3.63) is 17.5 Å². The minimum absolute atomic E-state index is 0.129. The number of hydrogen-bond donors (Lipinski definition) is 3. The van der Waals surface area contributed by atoms with Crippen LogP contribution >= 0.6 is 0 Å². The SMILES string of the molecule is Cc1[nH]ncc1CCCNC(=O)C1CCCCC1CN. The van der Waals surface area contributed by atoms with Gasteiger partial charge in [-0.3, -0.25) is 9.89 Å². The topological polar surface area (TPSA) is 83.8 Å². The highest BCUT2D eigenvalue weighted by atomic mass is 16.1. The smallest absolute Gasteiger partial charge is 0.223 e. The first-order valence-corrected chi connectivity index (χ1v) is 7.69. The number of aromatic nitrogens is 2. The molecule has 2 atom stereocenters. The van der Waals surface area contributed by atoms with Crippen LogP contribution in [0.3, 0.4) is 0 Å². The van der Waals surface area contributed by atoms with Crippen LogP contribution < -0.4 is 11.1 Å². The zero-order chi connectivity index (χ0) is 14.4. The van der Waals surface area contributed by atoms with Crippen LogP contribution in [0.4, 0.5) is 0 Å². The Hall–Kier alpha value is -1.36. The molecule has 0 saturated heterocycles. The number of nitrogens with zero attached hydrogens (tertiary/aromatic N) is 1. The maximum Gasteiger partial charge on any atom is 0.223 e. The number of amides is 1. The first kappa shape index (κ1) is 15.0. The second-order valence-electron chi connectivity index (χ2n) is 5.80. The molecule has 5 heteroatoms. The standard InChI is InChI=1S/C15H26N4O/c1-11-13(10-18-19-11)6-4-8-17-15(20)14-7-3-2-5-12(14)9-16/h10,12,14H,2-9,16H2,1H3,(H,17,20)(H,18,19). The van der Waals surface area contributed by atoms with Crippen molar-refractivity contribution in [2.24, 2.45) is 17.6 Å². The van der Waals surface area contributed by atoms with Crippen LogP contribution in [0.25, 0.3) is 0 Å². The van der Waals surface area contributed by atoms with Crippen LogP contribution in [0, 0.1) is 18.8 Å². The lowest BCUT2D eigenvalue weighted by atomic mass is 9.79. The van der Waals surface area contributed by atoms with Gasteiger partial charge < -0.3 is 11.1 Å². The summed E-state index contributed by atoms with van der Waals surface area (Å²) in [4.78, 5) is 12.2. The molecule has 2 rings (SSSR count). The van der Waals surface area contributed by atoms with E-state index in [0.29, 0.717) is 12.5 Å². The molecular weight excluding hydrogens is 252 g/mol. The van der Waals surface area contributed by atoms with E-state index in [-0.39, 0.29) is 11.8 Å². The summed E-state index contributed by atoms with van der Waals surface area (Å²) < 4.78 is 0. The molecule has 2 unspecified atom stereocenters. The zero-order valence-electron chi connectivity index (χ0n) is 12.3. The molecule has 0 bridgehead atoms. The van der Waals surface area contributed by atoms with Crippen molar-refractivity contribution in [1.29, 1.82) is 0 Å². The highest BCUT2D eigenvalue weighted by molar-refractivity contribution is 5.79. The van der Waals surface area contributed by atoms with Gasteiger partial charge in [-0.2, -0.15) is 5.10 Å². The van der Waals surface area contributed by atoms with Crippen LogP contribution in [0.1, 0.15) is 43.4 Å². The van der Waals surface area contributed by atoms with E-state index in [0.717, 1.165) is 44.3 Å². The Morgan fingerprint density at radius 3 is 3.00 bits per heavy atom. The number of aryl methyl sites for hydroxylation is 2. The number of aromatic amines is 1. The fourth-order valence-corrected chi connectivity index (χ4v) is 3.08. The molecule has 1 aromatic heterocycles. The van der Waals surface area contributed by atoms with Gasteiger partial charge >= 0.3 is 0 Å². The van der Waals surface area contributed by atoms with Crippen molar-refractivity contribution < 1.29 is 4.79 Å². The third kappa shape index (κ3) is 3.82. The van der Waals surface area contributed by atoms with Crippen LogP contribution in [-0.2, 0) is 11.2 Å². The number of rotatable bonds is 6. The number of nitrogens with two attached hydrogens (primary N) is 1. The Bertz CT molecular complexity index is 429. The molecule has 0 radical (unpaired) electrons. The summed E-state index contributed by atoms with van der Waals surface area (Å²) in [5, 5.41) is 10.0. The molecule has 1 aliphatic rings. The summed E-state index contributed by atoms with van der Waals surface area (Å²) in [6.07, 6.45) is 8.23. The Kier molecular flexibility index (Phi) is 5.59. The second-order valence-corrected chi connectivity index (χ2v) is 5.80. The molecule has 1 fully saturated rings. The van der Waals surface area contributed by atoms with E-state index in [1.165, 1.54) is 12.0 Å². The molecule has 1 aliphatic carbocycles. The van der Waals surface area contributed by atoms with Crippen LogP contribution in [0.5, 0.6) is 0 Å². The van der Waals surface area contributed by atoms with Crippen molar-refractivity contribution in [2.45, 2.75) is 45.4 Å². The van der Waals surface area contributed by atoms with Crippen LogP contribution in [0.15, 0.2) is 6.20 Å². The molecule has 1 heterocycles. The largest absolute Gasteiger partial charge is 0.356 e. The number of H-pyrrole nitrogens is 1. The summed E-state index contributed by atoms with van der Waals surface area (Å²) in [6.45, 7) is 3.39. The molecule has 0 spiro atoms.